The number of esters is 1. The van der Waals surface area contributed by atoms with Crippen LogP contribution in [0.25, 0.3) is 0 Å². The van der Waals surface area contributed by atoms with Gasteiger partial charge in [-0.25, -0.2) is 0 Å². The third-order valence-electron chi connectivity index (χ3n) is 2.77. The fraction of sp³-hybridized carbons (Fsp3) is 0.462. The maximum absolute atomic E-state index is 11.6. The molecular formula is C13H14O4. The average molecular weight is 234 g/mol. The number of rotatable bonds is 2. The minimum atomic E-state index is -0.704. The summed E-state index contributed by atoms with van der Waals surface area (Å²) in [6.07, 6.45) is 1.85. The fourth-order valence-corrected chi connectivity index (χ4v) is 1.80. The molecule has 1 fully saturated rings. The lowest BCUT2D eigenvalue weighted by Gasteiger charge is -2.16. The van der Waals surface area contributed by atoms with Crippen molar-refractivity contribution in [1.29, 1.82) is 0 Å². The second-order valence-corrected chi connectivity index (χ2v) is 4.88. The summed E-state index contributed by atoms with van der Waals surface area (Å²) in [6, 6.07) is 5.32. The number of carbonyl (C=O) groups excluding carboxylic acids is 1. The molecule has 2 aliphatic rings. The highest BCUT2D eigenvalue weighted by Gasteiger charge is 2.36. The number of para-hydroxylation sites is 1. The van der Waals surface area contributed by atoms with Crippen LogP contribution in [-0.2, 0) is 4.79 Å². The smallest absolute Gasteiger partial charge is 0.314 e. The topological polar surface area (TPSA) is 44.8 Å². The molecule has 1 aromatic carbocycles. The number of fused-ring (bicyclic) bond motifs is 1. The molecule has 90 valence electrons. The predicted octanol–water partition coefficient (Wildman–Crippen LogP) is 2.51. The molecule has 0 N–H and O–H groups in total. The molecule has 0 unspecified atom stereocenters. The van der Waals surface area contributed by atoms with Gasteiger partial charge in [-0.3, -0.25) is 4.79 Å². The van der Waals surface area contributed by atoms with Gasteiger partial charge in [-0.15, -0.1) is 0 Å². The van der Waals surface area contributed by atoms with Crippen molar-refractivity contribution in [1.82, 2.24) is 0 Å². The summed E-state index contributed by atoms with van der Waals surface area (Å²) in [7, 11) is 0. The molecule has 1 aliphatic heterocycles. The van der Waals surface area contributed by atoms with Crippen LogP contribution < -0.4 is 14.2 Å². The molecule has 0 aromatic heterocycles. The molecule has 3 rings (SSSR count). The van der Waals surface area contributed by atoms with Gasteiger partial charge in [-0.1, -0.05) is 6.07 Å². The summed E-state index contributed by atoms with van der Waals surface area (Å²) in [5, 5.41) is 0. The number of ether oxygens (including phenoxy) is 3. The van der Waals surface area contributed by atoms with Crippen molar-refractivity contribution < 1.29 is 19.0 Å². The van der Waals surface area contributed by atoms with E-state index in [1.165, 1.54) is 0 Å². The third-order valence-corrected chi connectivity index (χ3v) is 2.77. The zero-order valence-electron chi connectivity index (χ0n) is 9.86. The van der Waals surface area contributed by atoms with Crippen molar-refractivity contribution in [3.8, 4) is 17.2 Å². The van der Waals surface area contributed by atoms with Gasteiger partial charge in [0.15, 0.2) is 11.5 Å². The number of benzene rings is 1. The standard InChI is InChI=1S/C13H14O4/c1-13(2)16-10-5-3-4-9(11(10)17-13)15-12(14)8-6-7-8/h3-5,8H,6-7H2,1-2H3. The SMILES string of the molecule is CC1(C)Oc2cccc(OC(=O)C3CC3)c2O1. The largest absolute Gasteiger partial charge is 0.449 e. The van der Waals surface area contributed by atoms with Gasteiger partial charge < -0.3 is 14.2 Å². The van der Waals surface area contributed by atoms with Crippen molar-refractivity contribution in [2.24, 2.45) is 5.92 Å². The molecule has 1 aliphatic carbocycles. The molecule has 1 heterocycles. The van der Waals surface area contributed by atoms with Gasteiger partial charge in [-0.2, -0.15) is 0 Å². The highest BCUT2D eigenvalue weighted by molar-refractivity contribution is 5.78. The summed E-state index contributed by atoms with van der Waals surface area (Å²) < 4.78 is 16.5. The Morgan fingerprint density at radius 1 is 1.35 bits per heavy atom. The summed E-state index contributed by atoms with van der Waals surface area (Å²) in [5.41, 5.74) is 0. The van der Waals surface area contributed by atoms with Crippen LogP contribution in [0.3, 0.4) is 0 Å². The lowest BCUT2D eigenvalue weighted by molar-refractivity contribution is -0.136. The Balaban J connectivity index is 1.86. The molecule has 0 saturated heterocycles. The van der Waals surface area contributed by atoms with E-state index in [1.54, 1.807) is 18.2 Å². The Labute approximate surface area is 99.5 Å². The average Bonchev–Trinajstić information content (AvgIpc) is 3.01. The zero-order valence-corrected chi connectivity index (χ0v) is 9.86. The van der Waals surface area contributed by atoms with E-state index < -0.39 is 5.79 Å². The van der Waals surface area contributed by atoms with Crippen LogP contribution >= 0.6 is 0 Å². The molecule has 4 nitrogen and oxygen atoms in total. The summed E-state index contributed by atoms with van der Waals surface area (Å²) in [6.45, 7) is 3.64. The van der Waals surface area contributed by atoms with Crippen molar-refractivity contribution in [3.05, 3.63) is 18.2 Å². The number of carbonyl (C=O) groups is 1. The lowest BCUT2D eigenvalue weighted by atomic mass is 10.3. The molecule has 0 bridgehead atoms. The van der Waals surface area contributed by atoms with Crippen LogP contribution in [0.5, 0.6) is 17.2 Å². The Morgan fingerprint density at radius 3 is 2.82 bits per heavy atom. The van der Waals surface area contributed by atoms with Gasteiger partial charge in [0.25, 0.3) is 0 Å². The first-order valence-corrected chi connectivity index (χ1v) is 5.78. The molecule has 0 spiro atoms. The molecule has 4 heteroatoms. The monoisotopic (exact) mass is 234 g/mol. The number of hydrogen-bond acceptors (Lipinski definition) is 4. The first-order chi connectivity index (χ1) is 8.05. The van der Waals surface area contributed by atoms with E-state index in [9.17, 15) is 4.79 Å². The normalized spacial score (nSPS) is 20.1. The van der Waals surface area contributed by atoms with Gasteiger partial charge in [-0.05, 0) is 25.0 Å². The number of hydrogen-bond donors (Lipinski definition) is 0. The van der Waals surface area contributed by atoms with E-state index in [0.717, 1.165) is 12.8 Å². The van der Waals surface area contributed by atoms with E-state index >= 15 is 0 Å². The Kier molecular flexibility index (Phi) is 2.08. The van der Waals surface area contributed by atoms with Crippen LogP contribution in [0.15, 0.2) is 18.2 Å². The molecule has 1 saturated carbocycles. The van der Waals surface area contributed by atoms with E-state index in [4.69, 9.17) is 14.2 Å². The molecule has 0 amide bonds. The van der Waals surface area contributed by atoms with Crippen LogP contribution in [0, 0.1) is 5.92 Å². The highest BCUT2D eigenvalue weighted by Crippen LogP contribution is 2.46. The fourth-order valence-electron chi connectivity index (χ4n) is 1.80. The van der Waals surface area contributed by atoms with Crippen molar-refractivity contribution >= 4 is 5.97 Å². The van der Waals surface area contributed by atoms with E-state index in [1.807, 2.05) is 13.8 Å². The lowest BCUT2D eigenvalue weighted by Crippen LogP contribution is -2.29. The summed E-state index contributed by atoms with van der Waals surface area (Å²) >= 11 is 0. The second-order valence-electron chi connectivity index (χ2n) is 4.88. The van der Waals surface area contributed by atoms with Gasteiger partial charge in [0, 0.05) is 13.8 Å². The van der Waals surface area contributed by atoms with Gasteiger partial charge in [0.2, 0.25) is 11.5 Å². The van der Waals surface area contributed by atoms with Crippen LogP contribution in [0.2, 0.25) is 0 Å². The Bertz CT molecular complexity index is 474. The van der Waals surface area contributed by atoms with E-state index in [0.29, 0.717) is 17.2 Å². The van der Waals surface area contributed by atoms with Crippen molar-refractivity contribution in [2.45, 2.75) is 32.5 Å². The first-order valence-electron chi connectivity index (χ1n) is 5.78. The molecule has 0 atom stereocenters. The molecule has 17 heavy (non-hydrogen) atoms. The highest BCUT2D eigenvalue weighted by atomic mass is 16.7. The minimum Gasteiger partial charge on any atom is -0.449 e. The second kappa shape index (κ2) is 3.39. The quantitative estimate of drug-likeness (QED) is 0.582. The van der Waals surface area contributed by atoms with Gasteiger partial charge in [0.05, 0.1) is 5.92 Å². The van der Waals surface area contributed by atoms with E-state index in [2.05, 4.69) is 0 Å². The van der Waals surface area contributed by atoms with Gasteiger partial charge in [0.1, 0.15) is 0 Å². The molecular weight excluding hydrogens is 220 g/mol. The van der Waals surface area contributed by atoms with Crippen molar-refractivity contribution in [3.63, 3.8) is 0 Å². The summed E-state index contributed by atoms with van der Waals surface area (Å²) in [4.78, 5) is 11.6. The molecule has 0 radical (unpaired) electrons. The maximum atomic E-state index is 11.6. The third kappa shape index (κ3) is 1.95. The van der Waals surface area contributed by atoms with Crippen molar-refractivity contribution in [2.75, 3.05) is 0 Å². The summed E-state index contributed by atoms with van der Waals surface area (Å²) in [5.74, 6) is 0.783. The predicted molar refractivity (Wildman–Crippen MR) is 60.1 cm³/mol. The Morgan fingerprint density at radius 2 is 2.12 bits per heavy atom. The zero-order chi connectivity index (χ0) is 12.0. The minimum absolute atomic E-state index is 0.0705. The van der Waals surface area contributed by atoms with Crippen LogP contribution in [0.4, 0.5) is 0 Å². The van der Waals surface area contributed by atoms with Crippen LogP contribution in [-0.4, -0.2) is 11.8 Å². The van der Waals surface area contributed by atoms with Crippen LogP contribution in [0.1, 0.15) is 26.7 Å². The maximum Gasteiger partial charge on any atom is 0.314 e. The molecule has 1 aromatic rings. The van der Waals surface area contributed by atoms with Gasteiger partial charge >= 0.3 is 5.97 Å². The van der Waals surface area contributed by atoms with E-state index in [-0.39, 0.29) is 11.9 Å². The first kappa shape index (κ1) is 10.4. The Hall–Kier alpha value is -1.71.